The van der Waals surface area contributed by atoms with E-state index in [-0.39, 0.29) is 29.8 Å². The van der Waals surface area contributed by atoms with Gasteiger partial charge in [-0.3, -0.25) is 4.79 Å². The molecule has 0 aliphatic rings. The fourth-order valence-corrected chi connectivity index (χ4v) is 3.62. The normalized spacial score (nSPS) is 13.3. The maximum absolute atomic E-state index is 13.0. The zero-order valence-electron chi connectivity index (χ0n) is 24.1. The third-order valence-corrected chi connectivity index (χ3v) is 5.54. The maximum Gasteiger partial charge on any atom is 0.408 e. The molecule has 208 valence electrons. The minimum atomic E-state index is -1.03. The predicted octanol–water partition coefficient (Wildman–Crippen LogP) is 5.55. The molecule has 1 atom stereocenters. The third kappa shape index (κ3) is 9.82. The Morgan fingerprint density at radius 2 is 1.50 bits per heavy atom. The number of phenols is 1. The second kappa shape index (κ2) is 12.4. The van der Waals surface area contributed by atoms with E-state index in [0.717, 1.165) is 22.3 Å². The molecule has 8 heteroatoms. The average Bonchev–Trinajstić information content (AvgIpc) is 2.77. The van der Waals surface area contributed by atoms with E-state index in [1.807, 2.05) is 84.0 Å². The van der Waals surface area contributed by atoms with E-state index < -0.39 is 23.6 Å². The van der Waals surface area contributed by atoms with Gasteiger partial charge in [0.2, 0.25) is 0 Å². The van der Waals surface area contributed by atoms with Crippen LogP contribution in [0.2, 0.25) is 0 Å². The number of alkyl carbamates (subject to hydrolysis) is 1. The standard InChI is InChI=1S/C30H43N3O5/c1-28(2,3)22-15-21(16-23(25(22)34)29(4,5)6)17-31-33-26(35)24(32-27(36)38-30(7,8)9)19-37-18-20-13-11-10-12-14-20/h10-17,24,34H,18-19H2,1-9H3,(H,32,36)(H,33,35)/b31-17-/t24-/m0/s1. The highest BCUT2D eigenvalue weighted by atomic mass is 16.6. The molecule has 0 saturated heterocycles. The van der Waals surface area contributed by atoms with Gasteiger partial charge in [0.15, 0.2) is 0 Å². The highest BCUT2D eigenvalue weighted by molar-refractivity contribution is 5.88. The number of phenolic OH excluding ortho intramolecular Hbond substituents is 1. The largest absolute Gasteiger partial charge is 0.507 e. The number of hydrogen-bond donors (Lipinski definition) is 3. The Labute approximate surface area is 226 Å². The molecule has 0 spiro atoms. The molecular formula is C30H43N3O5. The van der Waals surface area contributed by atoms with Gasteiger partial charge >= 0.3 is 6.09 Å². The summed E-state index contributed by atoms with van der Waals surface area (Å²) in [5.41, 5.74) is 4.44. The van der Waals surface area contributed by atoms with Gasteiger partial charge in [-0.05, 0) is 54.9 Å². The first kappa shape index (κ1) is 30.8. The van der Waals surface area contributed by atoms with Crippen molar-refractivity contribution in [3.63, 3.8) is 0 Å². The molecular weight excluding hydrogens is 482 g/mol. The SMILES string of the molecule is CC(C)(C)OC(=O)N[C@@H](COCc1ccccc1)C(=O)N/N=C\c1cc(C(C)(C)C)c(O)c(C(C)(C)C)c1. The van der Waals surface area contributed by atoms with Crippen LogP contribution in [0.4, 0.5) is 4.79 Å². The number of nitrogens with one attached hydrogen (secondary N) is 2. The van der Waals surface area contributed by atoms with Gasteiger partial charge in [-0.2, -0.15) is 5.10 Å². The van der Waals surface area contributed by atoms with Crippen LogP contribution in [0.25, 0.3) is 0 Å². The van der Waals surface area contributed by atoms with Crippen molar-refractivity contribution in [3.05, 3.63) is 64.7 Å². The number of ether oxygens (including phenoxy) is 2. The Kier molecular flexibility index (Phi) is 10.1. The Morgan fingerprint density at radius 3 is 2.00 bits per heavy atom. The second-order valence-electron chi connectivity index (χ2n) is 12.4. The molecule has 0 unspecified atom stereocenters. The number of hydrogen-bond acceptors (Lipinski definition) is 6. The number of aromatic hydroxyl groups is 1. The predicted molar refractivity (Wildman–Crippen MR) is 150 cm³/mol. The molecule has 3 N–H and O–H groups in total. The number of rotatable bonds is 8. The molecule has 2 amide bonds. The van der Waals surface area contributed by atoms with E-state index in [1.165, 1.54) is 6.21 Å². The summed E-state index contributed by atoms with van der Waals surface area (Å²) in [6.07, 6.45) is 0.796. The van der Waals surface area contributed by atoms with Crippen LogP contribution in [0.3, 0.4) is 0 Å². The van der Waals surface area contributed by atoms with Gasteiger partial charge in [0, 0.05) is 11.1 Å². The van der Waals surface area contributed by atoms with Crippen molar-refractivity contribution in [1.82, 2.24) is 10.7 Å². The molecule has 0 aromatic heterocycles. The summed E-state index contributed by atoms with van der Waals surface area (Å²) in [5.74, 6) is -0.283. The van der Waals surface area contributed by atoms with Crippen molar-refractivity contribution in [2.24, 2.45) is 5.10 Å². The molecule has 0 heterocycles. The zero-order chi connectivity index (χ0) is 28.7. The number of amides is 2. The molecule has 2 aromatic carbocycles. The Balaban J connectivity index is 2.20. The van der Waals surface area contributed by atoms with E-state index in [2.05, 4.69) is 15.8 Å². The summed E-state index contributed by atoms with van der Waals surface area (Å²) < 4.78 is 11.0. The van der Waals surface area contributed by atoms with Crippen LogP contribution in [-0.2, 0) is 31.7 Å². The van der Waals surface area contributed by atoms with Crippen molar-refractivity contribution in [2.75, 3.05) is 6.61 Å². The molecule has 0 aliphatic carbocycles. The van der Waals surface area contributed by atoms with Gasteiger partial charge in [-0.1, -0.05) is 71.9 Å². The minimum absolute atomic E-state index is 0.0724. The minimum Gasteiger partial charge on any atom is -0.507 e. The van der Waals surface area contributed by atoms with Gasteiger partial charge in [0.1, 0.15) is 17.4 Å². The highest BCUT2D eigenvalue weighted by Crippen LogP contribution is 2.39. The van der Waals surface area contributed by atoms with Crippen molar-refractivity contribution in [1.29, 1.82) is 0 Å². The molecule has 0 aliphatic heterocycles. The lowest BCUT2D eigenvalue weighted by atomic mass is 9.78. The molecule has 0 fully saturated rings. The fraction of sp³-hybridized carbons (Fsp3) is 0.500. The van der Waals surface area contributed by atoms with Crippen LogP contribution in [0.1, 0.15) is 84.6 Å². The van der Waals surface area contributed by atoms with Crippen LogP contribution in [0.5, 0.6) is 5.75 Å². The van der Waals surface area contributed by atoms with E-state index in [4.69, 9.17) is 9.47 Å². The third-order valence-electron chi connectivity index (χ3n) is 5.54. The number of carbonyl (C=O) groups is 2. The number of nitrogens with zero attached hydrogens (tertiary/aromatic N) is 1. The first-order valence-electron chi connectivity index (χ1n) is 12.8. The molecule has 0 radical (unpaired) electrons. The summed E-state index contributed by atoms with van der Waals surface area (Å²) in [6.45, 7) is 17.6. The van der Waals surface area contributed by atoms with Gasteiger partial charge in [-0.25, -0.2) is 10.2 Å². The smallest absolute Gasteiger partial charge is 0.408 e. The Bertz CT molecular complexity index is 1090. The Morgan fingerprint density at radius 1 is 0.947 bits per heavy atom. The van der Waals surface area contributed by atoms with Crippen LogP contribution in [0.15, 0.2) is 47.6 Å². The number of carbonyl (C=O) groups excluding carboxylic acids is 2. The monoisotopic (exact) mass is 525 g/mol. The summed E-state index contributed by atoms with van der Waals surface area (Å²) in [5, 5.41) is 17.6. The van der Waals surface area contributed by atoms with Crippen molar-refractivity contribution in [2.45, 2.75) is 91.4 Å². The molecule has 8 nitrogen and oxygen atoms in total. The first-order valence-corrected chi connectivity index (χ1v) is 12.8. The fourth-order valence-electron chi connectivity index (χ4n) is 3.62. The zero-order valence-corrected chi connectivity index (χ0v) is 24.1. The lowest BCUT2D eigenvalue weighted by Crippen LogP contribution is -2.49. The summed E-state index contributed by atoms with van der Waals surface area (Å²) in [7, 11) is 0. The lowest BCUT2D eigenvalue weighted by Gasteiger charge is -2.27. The summed E-state index contributed by atoms with van der Waals surface area (Å²) >= 11 is 0. The van der Waals surface area contributed by atoms with Crippen molar-refractivity contribution >= 4 is 18.2 Å². The molecule has 38 heavy (non-hydrogen) atoms. The highest BCUT2D eigenvalue weighted by Gasteiger charge is 2.27. The van der Waals surface area contributed by atoms with Gasteiger partial charge in [-0.15, -0.1) is 0 Å². The maximum atomic E-state index is 13.0. The number of benzene rings is 2. The first-order chi connectivity index (χ1) is 17.5. The van der Waals surface area contributed by atoms with Crippen LogP contribution in [0, 0.1) is 0 Å². The topological polar surface area (TPSA) is 109 Å². The number of hydrazone groups is 1. The van der Waals surface area contributed by atoms with E-state index in [1.54, 1.807) is 20.8 Å². The molecule has 0 saturated carbocycles. The van der Waals surface area contributed by atoms with E-state index in [0.29, 0.717) is 0 Å². The van der Waals surface area contributed by atoms with Gasteiger partial charge in [0.25, 0.3) is 5.91 Å². The average molecular weight is 526 g/mol. The van der Waals surface area contributed by atoms with Gasteiger partial charge < -0.3 is 19.9 Å². The van der Waals surface area contributed by atoms with E-state index >= 15 is 0 Å². The van der Waals surface area contributed by atoms with Crippen LogP contribution < -0.4 is 10.7 Å². The van der Waals surface area contributed by atoms with Crippen molar-refractivity contribution in [3.8, 4) is 5.75 Å². The lowest BCUT2D eigenvalue weighted by molar-refractivity contribution is -0.124. The van der Waals surface area contributed by atoms with Crippen LogP contribution in [-0.4, -0.2) is 41.6 Å². The van der Waals surface area contributed by atoms with Crippen molar-refractivity contribution < 1.29 is 24.2 Å². The molecule has 2 aromatic rings. The Hall–Kier alpha value is -3.39. The molecule has 2 rings (SSSR count). The summed E-state index contributed by atoms with van der Waals surface area (Å²) in [6, 6.07) is 12.2. The summed E-state index contributed by atoms with van der Waals surface area (Å²) in [4.78, 5) is 25.3. The van der Waals surface area contributed by atoms with Crippen LogP contribution >= 0.6 is 0 Å². The molecule has 0 bridgehead atoms. The van der Waals surface area contributed by atoms with E-state index in [9.17, 15) is 14.7 Å². The van der Waals surface area contributed by atoms with Gasteiger partial charge in [0.05, 0.1) is 19.4 Å². The quantitative estimate of drug-likeness (QED) is 0.309. The second-order valence-corrected chi connectivity index (χ2v) is 12.4.